The SMILES string of the molecule is CN(C(=O)c1cnccn1)C1CCS(=O)(=O)C1. The molecule has 2 rings (SSSR count). The molecule has 6 nitrogen and oxygen atoms in total. The summed E-state index contributed by atoms with van der Waals surface area (Å²) < 4.78 is 22.7. The highest BCUT2D eigenvalue weighted by Gasteiger charge is 2.33. The minimum absolute atomic E-state index is 0.0372. The molecule has 0 spiro atoms. The minimum Gasteiger partial charge on any atom is -0.336 e. The first-order valence-electron chi connectivity index (χ1n) is 5.23. The monoisotopic (exact) mass is 255 g/mol. The smallest absolute Gasteiger partial charge is 0.274 e. The van der Waals surface area contributed by atoms with Crippen LogP contribution in [0.5, 0.6) is 0 Å². The third-order valence-corrected chi connectivity index (χ3v) is 4.61. The van der Waals surface area contributed by atoms with Crippen molar-refractivity contribution in [3.05, 3.63) is 24.3 Å². The number of nitrogens with zero attached hydrogens (tertiary/aromatic N) is 3. The molecule has 1 aliphatic heterocycles. The zero-order chi connectivity index (χ0) is 12.5. The van der Waals surface area contributed by atoms with Gasteiger partial charge >= 0.3 is 0 Å². The third-order valence-electron chi connectivity index (χ3n) is 2.86. The molecule has 0 bridgehead atoms. The molecule has 92 valence electrons. The summed E-state index contributed by atoms with van der Waals surface area (Å²) in [5.74, 6) is -0.106. The Bertz CT molecular complexity index is 515. The summed E-state index contributed by atoms with van der Waals surface area (Å²) in [6.45, 7) is 0. The van der Waals surface area contributed by atoms with Gasteiger partial charge in [-0.15, -0.1) is 0 Å². The van der Waals surface area contributed by atoms with Crippen LogP contribution in [0.25, 0.3) is 0 Å². The topological polar surface area (TPSA) is 80.2 Å². The maximum absolute atomic E-state index is 12.0. The minimum atomic E-state index is -2.99. The van der Waals surface area contributed by atoms with Crippen molar-refractivity contribution in [2.75, 3.05) is 18.6 Å². The summed E-state index contributed by atoms with van der Waals surface area (Å²) in [7, 11) is -1.39. The molecule has 1 aromatic rings. The van der Waals surface area contributed by atoms with Crippen LogP contribution in [-0.4, -0.2) is 53.8 Å². The highest BCUT2D eigenvalue weighted by atomic mass is 32.2. The van der Waals surface area contributed by atoms with Gasteiger partial charge in [-0.3, -0.25) is 9.78 Å². The molecule has 1 amide bonds. The molecule has 1 saturated heterocycles. The van der Waals surface area contributed by atoms with Crippen molar-refractivity contribution < 1.29 is 13.2 Å². The van der Waals surface area contributed by atoms with Gasteiger partial charge in [0.25, 0.3) is 5.91 Å². The molecule has 2 heterocycles. The van der Waals surface area contributed by atoms with Crippen LogP contribution < -0.4 is 0 Å². The van der Waals surface area contributed by atoms with E-state index in [-0.39, 0.29) is 29.1 Å². The Morgan fingerprint density at radius 1 is 1.47 bits per heavy atom. The van der Waals surface area contributed by atoms with Crippen LogP contribution in [0.4, 0.5) is 0 Å². The van der Waals surface area contributed by atoms with Crippen molar-refractivity contribution in [1.29, 1.82) is 0 Å². The lowest BCUT2D eigenvalue weighted by atomic mass is 10.2. The fourth-order valence-electron chi connectivity index (χ4n) is 1.84. The van der Waals surface area contributed by atoms with Gasteiger partial charge in [0.05, 0.1) is 17.7 Å². The Balaban J connectivity index is 2.11. The van der Waals surface area contributed by atoms with Gasteiger partial charge in [-0.2, -0.15) is 0 Å². The van der Waals surface area contributed by atoms with Crippen molar-refractivity contribution in [1.82, 2.24) is 14.9 Å². The first-order chi connectivity index (χ1) is 7.99. The highest BCUT2D eigenvalue weighted by Crippen LogP contribution is 2.17. The summed E-state index contributed by atoms with van der Waals surface area (Å²) >= 11 is 0. The average molecular weight is 255 g/mol. The zero-order valence-corrected chi connectivity index (χ0v) is 10.2. The number of hydrogen-bond donors (Lipinski definition) is 0. The van der Waals surface area contributed by atoms with Gasteiger partial charge in [-0.1, -0.05) is 0 Å². The Morgan fingerprint density at radius 2 is 2.24 bits per heavy atom. The van der Waals surface area contributed by atoms with Crippen LogP contribution in [-0.2, 0) is 9.84 Å². The summed E-state index contributed by atoms with van der Waals surface area (Å²) in [5, 5.41) is 0. The molecule has 0 aliphatic carbocycles. The molecule has 1 unspecified atom stereocenters. The lowest BCUT2D eigenvalue weighted by molar-refractivity contribution is 0.0741. The van der Waals surface area contributed by atoms with Crippen molar-refractivity contribution in [2.45, 2.75) is 12.5 Å². The van der Waals surface area contributed by atoms with Crippen molar-refractivity contribution in [3.8, 4) is 0 Å². The zero-order valence-electron chi connectivity index (χ0n) is 9.41. The summed E-state index contributed by atoms with van der Waals surface area (Å²) in [4.78, 5) is 21.1. The standard InChI is InChI=1S/C10H13N3O3S/c1-13(8-2-5-17(15,16)7-8)10(14)9-6-11-3-4-12-9/h3-4,6,8H,2,5,7H2,1H3. The number of carbonyl (C=O) groups excluding carboxylic acids is 1. The van der Waals surface area contributed by atoms with Gasteiger partial charge < -0.3 is 4.90 Å². The van der Waals surface area contributed by atoms with Crippen LogP contribution in [0.2, 0.25) is 0 Å². The normalized spacial score (nSPS) is 22.3. The van der Waals surface area contributed by atoms with E-state index < -0.39 is 9.84 Å². The van der Waals surface area contributed by atoms with Gasteiger partial charge in [-0.05, 0) is 6.42 Å². The lowest BCUT2D eigenvalue weighted by Crippen LogP contribution is -2.38. The lowest BCUT2D eigenvalue weighted by Gasteiger charge is -2.22. The Morgan fingerprint density at radius 3 is 2.76 bits per heavy atom. The van der Waals surface area contributed by atoms with E-state index in [9.17, 15) is 13.2 Å². The van der Waals surface area contributed by atoms with Gasteiger partial charge in [0, 0.05) is 25.5 Å². The van der Waals surface area contributed by atoms with Crippen molar-refractivity contribution >= 4 is 15.7 Å². The van der Waals surface area contributed by atoms with E-state index in [1.807, 2.05) is 0 Å². The Hall–Kier alpha value is -1.50. The molecular weight excluding hydrogens is 242 g/mol. The van der Waals surface area contributed by atoms with Crippen LogP contribution in [0, 0.1) is 0 Å². The maximum Gasteiger partial charge on any atom is 0.274 e. The van der Waals surface area contributed by atoms with Gasteiger partial charge in [0.1, 0.15) is 5.69 Å². The van der Waals surface area contributed by atoms with Crippen LogP contribution in [0.15, 0.2) is 18.6 Å². The van der Waals surface area contributed by atoms with Crippen LogP contribution in [0.3, 0.4) is 0 Å². The first kappa shape index (κ1) is 12.0. The van der Waals surface area contributed by atoms with E-state index in [1.165, 1.54) is 23.5 Å². The van der Waals surface area contributed by atoms with Crippen molar-refractivity contribution in [2.24, 2.45) is 0 Å². The van der Waals surface area contributed by atoms with E-state index in [2.05, 4.69) is 9.97 Å². The predicted molar refractivity (Wildman–Crippen MR) is 61.2 cm³/mol. The fourth-order valence-corrected chi connectivity index (χ4v) is 3.61. The van der Waals surface area contributed by atoms with Crippen molar-refractivity contribution in [3.63, 3.8) is 0 Å². The summed E-state index contributed by atoms with van der Waals surface area (Å²) in [6, 6.07) is -0.255. The highest BCUT2D eigenvalue weighted by molar-refractivity contribution is 7.91. The molecule has 17 heavy (non-hydrogen) atoms. The van der Waals surface area contributed by atoms with Gasteiger partial charge in [0.15, 0.2) is 9.84 Å². The van der Waals surface area contributed by atoms with E-state index in [0.29, 0.717) is 6.42 Å². The van der Waals surface area contributed by atoms with E-state index in [1.54, 1.807) is 7.05 Å². The molecule has 0 saturated carbocycles. The average Bonchev–Trinajstić information content (AvgIpc) is 2.69. The number of sulfone groups is 1. The molecule has 0 N–H and O–H groups in total. The number of carbonyl (C=O) groups is 1. The maximum atomic E-state index is 12.0. The first-order valence-corrected chi connectivity index (χ1v) is 7.05. The second kappa shape index (κ2) is 4.40. The van der Waals surface area contributed by atoms with E-state index in [4.69, 9.17) is 0 Å². The molecule has 7 heteroatoms. The summed E-state index contributed by atoms with van der Waals surface area (Å²) in [5.41, 5.74) is 0.235. The number of aromatic nitrogens is 2. The van der Waals surface area contributed by atoms with Gasteiger partial charge in [-0.25, -0.2) is 13.4 Å². The molecule has 1 atom stereocenters. The quantitative estimate of drug-likeness (QED) is 0.727. The number of amides is 1. The predicted octanol–water partition coefficient (Wildman–Crippen LogP) is -0.264. The Kier molecular flexibility index (Phi) is 3.10. The van der Waals surface area contributed by atoms with Crippen LogP contribution in [0.1, 0.15) is 16.9 Å². The van der Waals surface area contributed by atoms with E-state index in [0.717, 1.165) is 0 Å². The summed E-state index contributed by atoms with van der Waals surface area (Å²) in [6.07, 6.45) is 4.79. The second-order valence-electron chi connectivity index (χ2n) is 4.06. The Labute approximate surface area is 99.6 Å². The third kappa shape index (κ3) is 2.60. The molecule has 0 radical (unpaired) electrons. The van der Waals surface area contributed by atoms with Gasteiger partial charge in [0.2, 0.25) is 0 Å². The second-order valence-corrected chi connectivity index (χ2v) is 6.29. The largest absolute Gasteiger partial charge is 0.336 e. The molecule has 1 aliphatic rings. The fraction of sp³-hybridized carbons (Fsp3) is 0.500. The number of hydrogen-bond acceptors (Lipinski definition) is 5. The van der Waals surface area contributed by atoms with Crippen LogP contribution >= 0.6 is 0 Å². The molecular formula is C10H13N3O3S. The molecule has 1 aromatic heterocycles. The number of rotatable bonds is 2. The van der Waals surface area contributed by atoms with E-state index >= 15 is 0 Å². The molecule has 1 fully saturated rings. The molecule has 0 aromatic carbocycles.